The minimum Gasteiger partial charge on any atom is -0.497 e. The predicted molar refractivity (Wildman–Crippen MR) is 147 cm³/mol. The molecular formula is C30H33N5O4. The van der Waals surface area contributed by atoms with Gasteiger partial charge in [0.05, 0.1) is 18.5 Å². The van der Waals surface area contributed by atoms with E-state index in [2.05, 4.69) is 31.7 Å². The van der Waals surface area contributed by atoms with Crippen molar-refractivity contribution >= 4 is 11.6 Å². The SMILES string of the molecule is COc1ccc(-c2cc(C(=O)N3CCN(Cc4ccc5c(c4)OCO5)CC3)n3nc(C(C)(C)C)cc3n2)cc1. The molecule has 4 aromatic rings. The van der Waals surface area contributed by atoms with Crippen LogP contribution in [0.15, 0.2) is 54.6 Å². The van der Waals surface area contributed by atoms with Gasteiger partial charge in [0.2, 0.25) is 6.79 Å². The Morgan fingerprint density at radius 2 is 1.69 bits per heavy atom. The highest BCUT2D eigenvalue weighted by Crippen LogP contribution is 2.33. The van der Waals surface area contributed by atoms with Crippen molar-refractivity contribution in [1.82, 2.24) is 24.4 Å². The van der Waals surface area contributed by atoms with E-state index < -0.39 is 0 Å². The topological polar surface area (TPSA) is 81.4 Å². The summed E-state index contributed by atoms with van der Waals surface area (Å²) in [7, 11) is 1.64. The molecule has 0 spiro atoms. The first-order valence-corrected chi connectivity index (χ1v) is 13.2. The predicted octanol–water partition coefficient (Wildman–Crippen LogP) is 4.39. The second kappa shape index (κ2) is 9.89. The number of hydrogen-bond acceptors (Lipinski definition) is 7. The maximum atomic E-state index is 13.9. The third-order valence-electron chi connectivity index (χ3n) is 7.30. The van der Waals surface area contributed by atoms with Crippen LogP contribution in [0.2, 0.25) is 0 Å². The zero-order valence-electron chi connectivity index (χ0n) is 22.8. The molecule has 2 aliphatic heterocycles. The first kappa shape index (κ1) is 25.2. The van der Waals surface area contributed by atoms with Gasteiger partial charge in [0.25, 0.3) is 5.91 Å². The van der Waals surface area contributed by atoms with E-state index >= 15 is 0 Å². The quantitative estimate of drug-likeness (QED) is 0.381. The average molecular weight is 528 g/mol. The molecule has 1 fully saturated rings. The maximum absolute atomic E-state index is 13.9. The lowest BCUT2D eigenvalue weighted by Gasteiger charge is -2.34. The lowest BCUT2D eigenvalue weighted by atomic mass is 9.93. The number of benzene rings is 2. The molecule has 9 heteroatoms. The number of fused-ring (bicyclic) bond motifs is 2. The summed E-state index contributed by atoms with van der Waals surface area (Å²) < 4.78 is 18.0. The van der Waals surface area contributed by atoms with Gasteiger partial charge in [-0.05, 0) is 48.0 Å². The van der Waals surface area contributed by atoms with Crippen molar-refractivity contribution in [2.24, 2.45) is 0 Å². The van der Waals surface area contributed by atoms with Crippen LogP contribution in [0.5, 0.6) is 17.2 Å². The normalized spacial score (nSPS) is 15.6. The molecule has 39 heavy (non-hydrogen) atoms. The van der Waals surface area contributed by atoms with Crippen LogP contribution in [0.3, 0.4) is 0 Å². The molecule has 0 radical (unpaired) electrons. The number of methoxy groups -OCH3 is 1. The van der Waals surface area contributed by atoms with Gasteiger partial charge in [0, 0.05) is 49.8 Å². The smallest absolute Gasteiger partial charge is 0.272 e. The Morgan fingerprint density at radius 1 is 0.949 bits per heavy atom. The highest BCUT2D eigenvalue weighted by atomic mass is 16.7. The Hall–Kier alpha value is -4.11. The zero-order chi connectivity index (χ0) is 27.1. The van der Waals surface area contributed by atoms with Crippen molar-refractivity contribution in [2.75, 3.05) is 40.1 Å². The van der Waals surface area contributed by atoms with E-state index in [1.807, 2.05) is 53.4 Å². The molecule has 2 aliphatic rings. The van der Waals surface area contributed by atoms with Crippen LogP contribution in [-0.4, -0.2) is 70.4 Å². The number of amides is 1. The van der Waals surface area contributed by atoms with Crippen LogP contribution < -0.4 is 14.2 Å². The summed E-state index contributed by atoms with van der Waals surface area (Å²) in [5, 5.41) is 4.82. The standard InChI is InChI=1S/C30H33N5O4/c1-30(2,3)27-17-28-31-23(21-6-8-22(37-4)9-7-21)16-24(35(28)32-27)29(36)34-13-11-33(12-14-34)18-20-5-10-25-26(15-20)39-19-38-25/h5-10,15-17H,11-14,18-19H2,1-4H3. The van der Waals surface area contributed by atoms with Gasteiger partial charge in [-0.3, -0.25) is 9.69 Å². The van der Waals surface area contributed by atoms with Gasteiger partial charge < -0.3 is 19.1 Å². The van der Waals surface area contributed by atoms with E-state index in [-0.39, 0.29) is 18.1 Å². The maximum Gasteiger partial charge on any atom is 0.272 e. The lowest BCUT2D eigenvalue weighted by Crippen LogP contribution is -2.48. The number of nitrogens with zero attached hydrogens (tertiary/aromatic N) is 5. The molecule has 4 heterocycles. The highest BCUT2D eigenvalue weighted by molar-refractivity contribution is 5.94. The molecule has 0 unspecified atom stereocenters. The van der Waals surface area contributed by atoms with Crippen molar-refractivity contribution in [3.8, 4) is 28.5 Å². The molecule has 9 nitrogen and oxygen atoms in total. The number of ether oxygens (including phenoxy) is 3. The average Bonchev–Trinajstić information content (AvgIpc) is 3.59. The lowest BCUT2D eigenvalue weighted by molar-refractivity contribution is 0.0619. The third kappa shape index (κ3) is 5.02. The van der Waals surface area contributed by atoms with Gasteiger partial charge in [0.1, 0.15) is 11.4 Å². The second-order valence-electron chi connectivity index (χ2n) is 11.1. The second-order valence-corrected chi connectivity index (χ2v) is 11.1. The molecule has 0 atom stereocenters. The van der Waals surface area contributed by atoms with Gasteiger partial charge in [-0.15, -0.1) is 0 Å². The Kier molecular flexibility index (Phi) is 6.38. The molecule has 202 valence electrons. The van der Waals surface area contributed by atoms with E-state index in [1.54, 1.807) is 11.6 Å². The molecule has 0 bridgehead atoms. The van der Waals surface area contributed by atoms with E-state index in [0.717, 1.165) is 53.8 Å². The van der Waals surface area contributed by atoms with Crippen molar-refractivity contribution < 1.29 is 19.0 Å². The molecular weight excluding hydrogens is 494 g/mol. The summed E-state index contributed by atoms with van der Waals surface area (Å²) in [6.07, 6.45) is 0. The minimum atomic E-state index is -0.172. The van der Waals surface area contributed by atoms with Gasteiger partial charge in [-0.2, -0.15) is 5.10 Å². The van der Waals surface area contributed by atoms with E-state index in [0.29, 0.717) is 24.4 Å². The van der Waals surface area contributed by atoms with Crippen LogP contribution in [-0.2, 0) is 12.0 Å². The minimum absolute atomic E-state index is 0.0385. The number of carbonyl (C=O) groups is 1. The van der Waals surface area contributed by atoms with Gasteiger partial charge in [0.15, 0.2) is 17.1 Å². The molecule has 0 saturated carbocycles. The summed E-state index contributed by atoms with van der Waals surface area (Å²) in [6.45, 7) is 10.2. The fourth-order valence-electron chi connectivity index (χ4n) is 4.97. The number of carbonyl (C=O) groups excluding carboxylic acids is 1. The molecule has 0 aliphatic carbocycles. The van der Waals surface area contributed by atoms with Crippen LogP contribution in [0.25, 0.3) is 16.9 Å². The monoisotopic (exact) mass is 527 g/mol. The number of piperazine rings is 1. The molecule has 2 aromatic carbocycles. The van der Waals surface area contributed by atoms with Crippen LogP contribution in [0.1, 0.15) is 42.5 Å². The molecule has 0 N–H and O–H groups in total. The Balaban J connectivity index is 1.24. The first-order chi connectivity index (χ1) is 18.8. The van der Waals surface area contributed by atoms with Gasteiger partial charge in [-0.25, -0.2) is 9.50 Å². The molecule has 6 rings (SSSR count). The summed E-state index contributed by atoms with van der Waals surface area (Å²) in [5.41, 5.74) is 4.72. The highest BCUT2D eigenvalue weighted by Gasteiger charge is 2.27. The zero-order valence-corrected chi connectivity index (χ0v) is 22.8. The number of hydrogen-bond donors (Lipinski definition) is 0. The summed E-state index contributed by atoms with van der Waals surface area (Å²) in [5.74, 6) is 2.32. The Bertz CT molecular complexity index is 1520. The summed E-state index contributed by atoms with van der Waals surface area (Å²) in [6, 6.07) is 17.6. The van der Waals surface area contributed by atoms with E-state index in [4.69, 9.17) is 24.3 Å². The molecule has 1 amide bonds. The van der Waals surface area contributed by atoms with Crippen molar-refractivity contribution in [3.05, 3.63) is 71.5 Å². The largest absolute Gasteiger partial charge is 0.497 e. The fraction of sp³-hybridized carbons (Fsp3) is 0.367. The number of aromatic nitrogens is 3. The van der Waals surface area contributed by atoms with Gasteiger partial charge >= 0.3 is 0 Å². The van der Waals surface area contributed by atoms with Crippen molar-refractivity contribution in [1.29, 1.82) is 0 Å². The Labute approximate surface area is 227 Å². The van der Waals surface area contributed by atoms with Crippen LogP contribution in [0.4, 0.5) is 0 Å². The van der Waals surface area contributed by atoms with Gasteiger partial charge in [-0.1, -0.05) is 26.8 Å². The van der Waals surface area contributed by atoms with E-state index in [9.17, 15) is 4.79 Å². The van der Waals surface area contributed by atoms with Crippen LogP contribution >= 0.6 is 0 Å². The van der Waals surface area contributed by atoms with Crippen LogP contribution in [0, 0.1) is 0 Å². The number of rotatable bonds is 5. The molecule has 2 aromatic heterocycles. The van der Waals surface area contributed by atoms with E-state index in [1.165, 1.54) is 5.56 Å². The van der Waals surface area contributed by atoms with Crippen molar-refractivity contribution in [3.63, 3.8) is 0 Å². The summed E-state index contributed by atoms with van der Waals surface area (Å²) in [4.78, 5) is 23.1. The fourth-order valence-corrected chi connectivity index (χ4v) is 4.97. The molecule has 1 saturated heterocycles. The first-order valence-electron chi connectivity index (χ1n) is 13.2. The third-order valence-corrected chi connectivity index (χ3v) is 7.30. The summed E-state index contributed by atoms with van der Waals surface area (Å²) >= 11 is 0. The van der Waals surface area contributed by atoms with Crippen molar-refractivity contribution in [2.45, 2.75) is 32.7 Å². The Morgan fingerprint density at radius 3 is 2.41 bits per heavy atom.